The molecule has 0 bridgehead atoms. The van der Waals surface area contributed by atoms with Gasteiger partial charge in [0.25, 0.3) is 0 Å². The smallest absolute Gasteiger partial charge is 0.314 e. The van der Waals surface area contributed by atoms with Gasteiger partial charge in [0, 0.05) is 23.7 Å². The van der Waals surface area contributed by atoms with Crippen molar-refractivity contribution in [3.63, 3.8) is 0 Å². The van der Waals surface area contributed by atoms with Crippen LogP contribution in [0.2, 0.25) is 5.02 Å². The lowest BCUT2D eigenvalue weighted by molar-refractivity contribution is -0.143. The first-order valence-electron chi connectivity index (χ1n) is 8.60. The maximum atomic E-state index is 12.2. The Kier molecular flexibility index (Phi) is 4.92. The third-order valence-electron chi connectivity index (χ3n) is 4.68. The fourth-order valence-corrected chi connectivity index (χ4v) is 3.50. The number of benzene rings is 2. The molecule has 0 aliphatic carbocycles. The summed E-state index contributed by atoms with van der Waals surface area (Å²) in [6.45, 7) is 1.72. The Hall–Kier alpha value is -2.70. The summed E-state index contributed by atoms with van der Waals surface area (Å²) in [6.07, 6.45) is 0. The van der Waals surface area contributed by atoms with Gasteiger partial charge in [-0.05, 0) is 35.4 Å². The summed E-state index contributed by atoms with van der Waals surface area (Å²) in [6, 6.07) is 15.2. The highest BCUT2D eigenvalue weighted by Crippen LogP contribution is 2.30. The molecule has 4 rings (SSSR count). The van der Waals surface area contributed by atoms with Crippen LogP contribution in [-0.4, -0.2) is 34.7 Å². The van der Waals surface area contributed by atoms with Crippen molar-refractivity contribution in [3.05, 3.63) is 70.6 Å². The second kappa shape index (κ2) is 7.50. The summed E-state index contributed by atoms with van der Waals surface area (Å²) in [5.74, 6) is 0.463. The van der Waals surface area contributed by atoms with Crippen molar-refractivity contribution in [2.24, 2.45) is 0 Å². The highest BCUT2D eigenvalue weighted by Gasteiger charge is 2.31. The topological polar surface area (TPSA) is 68.5 Å². The molecule has 1 atom stereocenters. The average molecular weight is 384 g/mol. The standard InChI is InChI=1S/C20H18ClN3O3/c1-26-20(25)17-11-24(10-14-4-2-3-5-16(14)17)12-18-22-19(23-27-18)13-6-8-15(21)9-7-13/h2-9,17H,10-12H2,1H3. The SMILES string of the molecule is COC(=O)C1CN(Cc2nc(-c3ccc(Cl)cc3)no2)Cc2ccccc21. The predicted octanol–water partition coefficient (Wildman–Crippen LogP) is 3.66. The van der Waals surface area contributed by atoms with Crippen molar-refractivity contribution < 1.29 is 14.1 Å². The monoisotopic (exact) mass is 383 g/mol. The first kappa shape index (κ1) is 17.7. The van der Waals surface area contributed by atoms with Crippen molar-refractivity contribution in [2.75, 3.05) is 13.7 Å². The number of carbonyl (C=O) groups is 1. The van der Waals surface area contributed by atoms with Gasteiger partial charge in [-0.3, -0.25) is 9.69 Å². The second-order valence-corrected chi connectivity index (χ2v) is 6.90. The van der Waals surface area contributed by atoms with Gasteiger partial charge in [0.15, 0.2) is 0 Å². The molecule has 0 fully saturated rings. The summed E-state index contributed by atoms with van der Waals surface area (Å²) in [7, 11) is 1.42. The summed E-state index contributed by atoms with van der Waals surface area (Å²) in [5, 5.41) is 4.70. The van der Waals surface area contributed by atoms with Crippen LogP contribution in [0.3, 0.4) is 0 Å². The summed E-state index contributed by atoms with van der Waals surface area (Å²) >= 11 is 5.92. The molecule has 0 radical (unpaired) electrons. The molecule has 0 saturated carbocycles. The average Bonchev–Trinajstić information content (AvgIpc) is 3.15. The van der Waals surface area contributed by atoms with E-state index >= 15 is 0 Å². The lowest BCUT2D eigenvalue weighted by atomic mass is 9.90. The molecule has 1 unspecified atom stereocenters. The number of methoxy groups -OCH3 is 1. The van der Waals surface area contributed by atoms with Gasteiger partial charge in [0.05, 0.1) is 19.6 Å². The molecule has 7 heteroatoms. The molecule has 0 N–H and O–H groups in total. The van der Waals surface area contributed by atoms with Crippen LogP contribution in [-0.2, 0) is 22.6 Å². The molecule has 0 saturated heterocycles. The van der Waals surface area contributed by atoms with Gasteiger partial charge in [-0.25, -0.2) is 0 Å². The lowest BCUT2D eigenvalue weighted by Gasteiger charge is -2.32. The fraction of sp³-hybridized carbons (Fsp3) is 0.250. The Morgan fingerprint density at radius 2 is 2.04 bits per heavy atom. The number of carbonyl (C=O) groups excluding carboxylic acids is 1. The van der Waals surface area contributed by atoms with Crippen LogP contribution in [0.4, 0.5) is 0 Å². The van der Waals surface area contributed by atoms with E-state index in [0.717, 1.165) is 16.7 Å². The van der Waals surface area contributed by atoms with Gasteiger partial charge in [0.2, 0.25) is 11.7 Å². The van der Waals surface area contributed by atoms with E-state index in [4.69, 9.17) is 20.9 Å². The molecule has 1 aliphatic heterocycles. The van der Waals surface area contributed by atoms with E-state index < -0.39 is 0 Å². The van der Waals surface area contributed by atoms with E-state index in [1.54, 1.807) is 12.1 Å². The van der Waals surface area contributed by atoms with E-state index in [1.807, 2.05) is 36.4 Å². The van der Waals surface area contributed by atoms with Crippen molar-refractivity contribution >= 4 is 17.6 Å². The minimum Gasteiger partial charge on any atom is -0.469 e. The highest BCUT2D eigenvalue weighted by atomic mass is 35.5. The minimum absolute atomic E-state index is 0.237. The number of rotatable bonds is 4. The minimum atomic E-state index is -0.321. The second-order valence-electron chi connectivity index (χ2n) is 6.46. The first-order chi connectivity index (χ1) is 13.1. The normalized spacial score (nSPS) is 16.7. The largest absolute Gasteiger partial charge is 0.469 e. The molecule has 27 heavy (non-hydrogen) atoms. The first-order valence-corrected chi connectivity index (χ1v) is 8.98. The third-order valence-corrected chi connectivity index (χ3v) is 4.93. The molecule has 6 nitrogen and oxygen atoms in total. The number of hydrogen-bond acceptors (Lipinski definition) is 6. The zero-order valence-corrected chi connectivity index (χ0v) is 15.5. The predicted molar refractivity (Wildman–Crippen MR) is 100 cm³/mol. The van der Waals surface area contributed by atoms with Gasteiger partial charge in [-0.1, -0.05) is 41.0 Å². The van der Waals surface area contributed by atoms with Crippen molar-refractivity contribution in [2.45, 2.75) is 19.0 Å². The highest BCUT2D eigenvalue weighted by molar-refractivity contribution is 6.30. The van der Waals surface area contributed by atoms with Gasteiger partial charge in [0.1, 0.15) is 0 Å². The van der Waals surface area contributed by atoms with Gasteiger partial charge in [-0.2, -0.15) is 4.98 Å². The third kappa shape index (κ3) is 3.72. The molecule has 3 aromatic rings. The fourth-order valence-electron chi connectivity index (χ4n) is 3.37. The molecule has 2 heterocycles. The van der Waals surface area contributed by atoms with Crippen LogP contribution in [0.5, 0.6) is 0 Å². The zero-order valence-electron chi connectivity index (χ0n) is 14.8. The quantitative estimate of drug-likeness (QED) is 0.640. The Morgan fingerprint density at radius 1 is 1.26 bits per heavy atom. The van der Waals surface area contributed by atoms with E-state index in [-0.39, 0.29) is 11.9 Å². The maximum absolute atomic E-state index is 12.2. The van der Waals surface area contributed by atoms with Crippen LogP contribution in [0, 0.1) is 0 Å². The number of hydrogen-bond donors (Lipinski definition) is 0. The maximum Gasteiger partial charge on any atom is 0.314 e. The molecule has 138 valence electrons. The van der Waals surface area contributed by atoms with E-state index in [0.29, 0.717) is 36.4 Å². The Morgan fingerprint density at radius 3 is 2.81 bits per heavy atom. The van der Waals surface area contributed by atoms with Gasteiger partial charge >= 0.3 is 5.97 Å². The van der Waals surface area contributed by atoms with Crippen molar-refractivity contribution in [1.29, 1.82) is 0 Å². The molecular weight excluding hydrogens is 366 g/mol. The number of nitrogens with zero attached hydrogens (tertiary/aromatic N) is 3. The lowest BCUT2D eigenvalue weighted by Crippen LogP contribution is -2.37. The zero-order chi connectivity index (χ0) is 18.8. The molecule has 0 amide bonds. The molecule has 1 aliphatic rings. The number of halogens is 1. The van der Waals surface area contributed by atoms with E-state index in [1.165, 1.54) is 7.11 Å². The summed E-state index contributed by atoms with van der Waals surface area (Å²) in [4.78, 5) is 18.8. The van der Waals surface area contributed by atoms with Gasteiger partial charge < -0.3 is 9.26 Å². The van der Waals surface area contributed by atoms with E-state index in [9.17, 15) is 4.79 Å². The Labute approximate surface area is 161 Å². The van der Waals surface area contributed by atoms with Crippen molar-refractivity contribution in [3.8, 4) is 11.4 Å². The van der Waals surface area contributed by atoms with Crippen LogP contribution in [0.25, 0.3) is 11.4 Å². The van der Waals surface area contributed by atoms with Crippen LogP contribution < -0.4 is 0 Å². The number of ether oxygens (including phenoxy) is 1. The molecule has 0 spiro atoms. The number of esters is 1. The van der Waals surface area contributed by atoms with Crippen molar-refractivity contribution in [1.82, 2.24) is 15.0 Å². The molecular formula is C20H18ClN3O3. The Balaban J connectivity index is 1.53. The molecule has 1 aromatic heterocycles. The van der Waals surface area contributed by atoms with E-state index in [2.05, 4.69) is 15.0 Å². The van der Waals surface area contributed by atoms with Crippen LogP contribution in [0.1, 0.15) is 22.9 Å². The van der Waals surface area contributed by atoms with Gasteiger partial charge in [-0.15, -0.1) is 0 Å². The summed E-state index contributed by atoms with van der Waals surface area (Å²) < 4.78 is 10.4. The molecule has 2 aromatic carbocycles. The number of fused-ring (bicyclic) bond motifs is 1. The van der Waals surface area contributed by atoms with Crippen LogP contribution in [0.15, 0.2) is 53.1 Å². The Bertz CT molecular complexity index is 955. The van der Waals surface area contributed by atoms with Crippen LogP contribution >= 0.6 is 11.6 Å². The summed E-state index contributed by atoms with van der Waals surface area (Å²) in [5.41, 5.74) is 2.97. The number of aromatic nitrogens is 2.